The normalized spacial score (nSPS) is 20.9. The van der Waals surface area contributed by atoms with E-state index in [1.807, 2.05) is 25.1 Å². The molecule has 0 bridgehead atoms. The summed E-state index contributed by atoms with van der Waals surface area (Å²) in [6.45, 7) is 1.99. The molecule has 1 saturated carbocycles. The summed E-state index contributed by atoms with van der Waals surface area (Å²) in [6.07, 6.45) is 4.69. The fourth-order valence-electron chi connectivity index (χ4n) is 2.40. The van der Waals surface area contributed by atoms with Gasteiger partial charge in [0, 0.05) is 23.8 Å². The molecule has 20 heavy (non-hydrogen) atoms. The molecule has 0 spiro atoms. The van der Waals surface area contributed by atoms with Crippen molar-refractivity contribution in [1.82, 2.24) is 0 Å². The molecular formula is C16H21NO3. The van der Waals surface area contributed by atoms with Crippen molar-refractivity contribution in [2.75, 3.05) is 19.5 Å². The van der Waals surface area contributed by atoms with Gasteiger partial charge in [0.2, 0.25) is 0 Å². The minimum Gasteiger partial charge on any atom is -0.497 e. The van der Waals surface area contributed by atoms with Crippen molar-refractivity contribution < 1.29 is 14.3 Å². The molecule has 1 aliphatic carbocycles. The molecule has 0 heterocycles. The second-order valence-electron chi connectivity index (χ2n) is 5.04. The highest BCUT2D eigenvalue weighted by molar-refractivity contribution is 5.97. The van der Waals surface area contributed by atoms with Crippen LogP contribution in [0.25, 0.3) is 0 Å². The first kappa shape index (κ1) is 14.4. The SMILES string of the molecule is COc1ccc(OC)c(N/C=C2/CCC[C@@H](C)C2=O)c1. The van der Waals surface area contributed by atoms with Crippen molar-refractivity contribution in [3.63, 3.8) is 0 Å². The van der Waals surface area contributed by atoms with Crippen LogP contribution in [-0.4, -0.2) is 20.0 Å². The minimum atomic E-state index is 0.129. The van der Waals surface area contributed by atoms with Crippen LogP contribution in [0.4, 0.5) is 5.69 Å². The molecule has 0 radical (unpaired) electrons. The molecule has 1 N–H and O–H groups in total. The van der Waals surface area contributed by atoms with Crippen molar-refractivity contribution in [2.45, 2.75) is 26.2 Å². The van der Waals surface area contributed by atoms with Gasteiger partial charge in [-0.3, -0.25) is 4.79 Å². The number of hydrogen-bond donors (Lipinski definition) is 1. The first-order valence-electron chi connectivity index (χ1n) is 6.87. The third kappa shape index (κ3) is 3.13. The van der Waals surface area contributed by atoms with Crippen LogP contribution in [0.3, 0.4) is 0 Å². The smallest absolute Gasteiger partial charge is 0.163 e. The van der Waals surface area contributed by atoms with Crippen LogP contribution in [0.5, 0.6) is 11.5 Å². The molecule has 0 aliphatic heterocycles. The number of anilines is 1. The Kier molecular flexibility index (Phi) is 4.66. The second kappa shape index (κ2) is 6.46. The van der Waals surface area contributed by atoms with Gasteiger partial charge in [0.1, 0.15) is 11.5 Å². The fourth-order valence-corrected chi connectivity index (χ4v) is 2.40. The Morgan fingerprint density at radius 1 is 1.30 bits per heavy atom. The monoisotopic (exact) mass is 275 g/mol. The number of ether oxygens (including phenoxy) is 2. The van der Waals surface area contributed by atoms with Crippen molar-refractivity contribution in [2.24, 2.45) is 5.92 Å². The van der Waals surface area contributed by atoms with E-state index in [-0.39, 0.29) is 11.7 Å². The van der Waals surface area contributed by atoms with Gasteiger partial charge in [-0.2, -0.15) is 0 Å². The number of methoxy groups -OCH3 is 2. The zero-order valence-corrected chi connectivity index (χ0v) is 12.2. The Bertz CT molecular complexity index is 522. The Morgan fingerprint density at radius 3 is 2.80 bits per heavy atom. The van der Waals surface area contributed by atoms with Crippen LogP contribution in [-0.2, 0) is 4.79 Å². The zero-order valence-electron chi connectivity index (χ0n) is 12.2. The molecule has 108 valence electrons. The van der Waals surface area contributed by atoms with E-state index in [9.17, 15) is 4.79 Å². The summed E-state index contributed by atoms with van der Waals surface area (Å²) in [4.78, 5) is 12.1. The van der Waals surface area contributed by atoms with Crippen molar-refractivity contribution in [3.8, 4) is 11.5 Å². The molecule has 0 saturated heterocycles. The maximum absolute atomic E-state index is 12.1. The van der Waals surface area contributed by atoms with Crippen LogP contribution in [0.1, 0.15) is 26.2 Å². The number of benzene rings is 1. The largest absolute Gasteiger partial charge is 0.497 e. The summed E-state index contributed by atoms with van der Waals surface area (Å²) in [7, 11) is 3.24. The van der Waals surface area contributed by atoms with Crippen LogP contribution in [0.2, 0.25) is 0 Å². The standard InChI is InChI=1S/C16H21NO3/c1-11-5-4-6-12(16(11)18)10-17-14-9-13(19-2)7-8-15(14)20-3/h7-11,17H,4-6H2,1-3H3/b12-10-/t11-/m1/s1. The van der Waals surface area contributed by atoms with Gasteiger partial charge in [-0.15, -0.1) is 0 Å². The molecule has 4 nitrogen and oxygen atoms in total. The van der Waals surface area contributed by atoms with Gasteiger partial charge < -0.3 is 14.8 Å². The van der Waals surface area contributed by atoms with E-state index in [1.54, 1.807) is 20.4 Å². The van der Waals surface area contributed by atoms with Gasteiger partial charge in [0.05, 0.1) is 19.9 Å². The van der Waals surface area contributed by atoms with Crippen LogP contribution in [0.15, 0.2) is 30.0 Å². The lowest BCUT2D eigenvalue weighted by Gasteiger charge is -2.19. The molecule has 0 aromatic heterocycles. The maximum Gasteiger partial charge on any atom is 0.163 e. The van der Waals surface area contributed by atoms with Crippen LogP contribution in [0, 0.1) is 5.92 Å². The Labute approximate surface area is 119 Å². The molecule has 0 unspecified atom stereocenters. The summed E-state index contributed by atoms with van der Waals surface area (Å²) in [5, 5.41) is 3.17. The number of carbonyl (C=O) groups excluding carboxylic acids is 1. The topological polar surface area (TPSA) is 47.6 Å². The number of nitrogens with one attached hydrogen (secondary N) is 1. The zero-order chi connectivity index (χ0) is 14.5. The molecular weight excluding hydrogens is 254 g/mol. The predicted molar refractivity (Wildman–Crippen MR) is 79.3 cm³/mol. The van der Waals surface area contributed by atoms with E-state index >= 15 is 0 Å². The van der Waals surface area contributed by atoms with Gasteiger partial charge in [-0.05, 0) is 31.4 Å². The lowest BCUT2D eigenvalue weighted by atomic mass is 9.86. The highest BCUT2D eigenvalue weighted by Crippen LogP contribution is 2.30. The van der Waals surface area contributed by atoms with Gasteiger partial charge in [-0.1, -0.05) is 6.92 Å². The van der Waals surface area contributed by atoms with E-state index in [4.69, 9.17) is 9.47 Å². The highest BCUT2D eigenvalue weighted by atomic mass is 16.5. The van der Waals surface area contributed by atoms with Crippen molar-refractivity contribution in [1.29, 1.82) is 0 Å². The number of rotatable bonds is 4. The van der Waals surface area contributed by atoms with E-state index in [0.29, 0.717) is 0 Å². The summed E-state index contributed by atoms with van der Waals surface area (Å²) in [5.74, 6) is 1.84. The molecule has 1 aliphatic rings. The number of ketones is 1. The van der Waals surface area contributed by atoms with Gasteiger partial charge in [0.25, 0.3) is 0 Å². The van der Waals surface area contributed by atoms with Crippen molar-refractivity contribution >= 4 is 11.5 Å². The van der Waals surface area contributed by atoms with E-state index in [0.717, 1.165) is 42.0 Å². The predicted octanol–water partition coefficient (Wildman–Crippen LogP) is 3.39. The quantitative estimate of drug-likeness (QED) is 0.856. The van der Waals surface area contributed by atoms with Crippen LogP contribution >= 0.6 is 0 Å². The first-order valence-corrected chi connectivity index (χ1v) is 6.87. The van der Waals surface area contributed by atoms with E-state index < -0.39 is 0 Å². The number of hydrogen-bond acceptors (Lipinski definition) is 4. The van der Waals surface area contributed by atoms with Gasteiger partial charge >= 0.3 is 0 Å². The summed E-state index contributed by atoms with van der Waals surface area (Å²) < 4.78 is 10.5. The Hall–Kier alpha value is -1.97. The third-order valence-electron chi connectivity index (χ3n) is 3.66. The van der Waals surface area contributed by atoms with E-state index in [2.05, 4.69) is 5.32 Å². The summed E-state index contributed by atoms with van der Waals surface area (Å²) >= 11 is 0. The first-order chi connectivity index (χ1) is 9.65. The lowest BCUT2D eigenvalue weighted by Crippen LogP contribution is -2.19. The maximum atomic E-state index is 12.1. The molecule has 2 rings (SSSR count). The molecule has 0 amide bonds. The molecule has 1 aromatic carbocycles. The Balaban J connectivity index is 2.19. The molecule has 1 aromatic rings. The van der Waals surface area contributed by atoms with Gasteiger partial charge in [0.15, 0.2) is 5.78 Å². The summed E-state index contributed by atoms with van der Waals surface area (Å²) in [6, 6.07) is 5.53. The van der Waals surface area contributed by atoms with Crippen LogP contribution < -0.4 is 14.8 Å². The van der Waals surface area contributed by atoms with Crippen molar-refractivity contribution in [3.05, 3.63) is 30.0 Å². The van der Waals surface area contributed by atoms with E-state index in [1.165, 1.54) is 0 Å². The molecule has 1 fully saturated rings. The Morgan fingerprint density at radius 2 is 2.10 bits per heavy atom. The number of carbonyl (C=O) groups is 1. The summed E-state index contributed by atoms with van der Waals surface area (Å²) in [5.41, 5.74) is 1.65. The lowest BCUT2D eigenvalue weighted by molar-refractivity contribution is -0.119. The minimum absolute atomic E-state index is 0.129. The number of Topliss-reactive ketones (excluding diaryl/α,β-unsaturated/α-hetero) is 1. The third-order valence-corrected chi connectivity index (χ3v) is 3.66. The average Bonchev–Trinajstić information content (AvgIpc) is 2.48. The second-order valence-corrected chi connectivity index (χ2v) is 5.04. The highest BCUT2D eigenvalue weighted by Gasteiger charge is 2.22. The van der Waals surface area contributed by atoms with Gasteiger partial charge in [-0.25, -0.2) is 0 Å². The average molecular weight is 275 g/mol. The number of allylic oxidation sites excluding steroid dienone is 1. The fraction of sp³-hybridized carbons (Fsp3) is 0.438. The molecule has 1 atom stereocenters. The molecule has 4 heteroatoms.